The van der Waals surface area contributed by atoms with Gasteiger partial charge in [0, 0.05) is 41.4 Å². The lowest BCUT2D eigenvalue weighted by Gasteiger charge is -2.16. The van der Waals surface area contributed by atoms with Crippen molar-refractivity contribution in [3.63, 3.8) is 0 Å². The maximum absolute atomic E-state index is 13.2. The summed E-state index contributed by atoms with van der Waals surface area (Å²) in [6.07, 6.45) is 0.925. The molecule has 0 saturated carbocycles. The first-order valence-corrected chi connectivity index (χ1v) is 8.39. The summed E-state index contributed by atoms with van der Waals surface area (Å²) in [6, 6.07) is 14.4. The molecule has 0 atom stereocenters. The van der Waals surface area contributed by atoms with Gasteiger partial charge < -0.3 is 5.32 Å². The zero-order chi connectivity index (χ0) is 16.5. The molecule has 0 radical (unpaired) electrons. The van der Waals surface area contributed by atoms with E-state index in [2.05, 4.69) is 5.32 Å². The summed E-state index contributed by atoms with van der Waals surface area (Å²) in [4.78, 5) is 0. The maximum atomic E-state index is 13.2. The van der Waals surface area contributed by atoms with E-state index in [4.69, 9.17) is 16.7 Å². The van der Waals surface area contributed by atoms with Crippen LogP contribution in [0.2, 0.25) is 5.02 Å². The summed E-state index contributed by atoms with van der Waals surface area (Å²) in [7, 11) is 0. The number of nitrogens with one attached hydrogen (secondary N) is 1. The van der Waals surface area contributed by atoms with E-state index in [0.717, 1.165) is 41.4 Å². The van der Waals surface area contributed by atoms with Crippen molar-refractivity contribution < 1.29 is 4.39 Å². The number of hydrogen-bond donors (Lipinski definition) is 1. The van der Waals surface area contributed by atoms with Crippen molar-refractivity contribution in [2.24, 2.45) is 0 Å². The Morgan fingerprint density at radius 3 is 2.71 bits per heavy atom. The molecule has 0 fully saturated rings. The first-order chi connectivity index (χ1) is 11.7. The number of aromatic nitrogens is 2. The van der Waals surface area contributed by atoms with E-state index in [1.165, 1.54) is 23.4 Å². The van der Waals surface area contributed by atoms with Crippen LogP contribution in [0.4, 0.5) is 4.39 Å². The van der Waals surface area contributed by atoms with Crippen LogP contribution in [0.5, 0.6) is 0 Å². The summed E-state index contributed by atoms with van der Waals surface area (Å²) < 4.78 is 15.3. The van der Waals surface area contributed by atoms with Crippen molar-refractivity contribution in [1.29, 1.82) is 0 Å². The minimum absolute atomic E-state index is 0.235. The van der Waals surface area contributed by atoms with Crippen LogP contribution in [0.3, 0.4) is 0 Å². The summed E-state index contributed by atoms with van der Waals surface area (Å²) >= 11 is 6.30. The van der Waals surface area contributed by atoms with E-state index in [-0.39, 0.29) is 5.82 Å². The van der Waals surface area contributed by atoms with Gasteiger partial charge in [-0.2, -0.15) is 5.10 Å². The summed E-state index contributed by atoms with van der Waals surface area (Å²) in [6.45, 7) is 2.36. The number of rotatable bonds is 3. The predicted octanol–water partition coefficient (Wildman–Crippen LogP) is 4.04. The Balaban J connectivity index is 1.78. The minimum atomic E-state index is -0.235. The van der Waals surface area contributed by atoms with Crippen LogP contribution in [-0.2, 0) is 19.5 Å². The molecule has 2 aromatic carbocycles. The average molecular weight is 342 g/mol. The zero-order valence-electron chi connectivity index (χ0n) is 13.1. The monoisotopic (exact) mass is 341 g/mol. The highest BCUT2D eigenvalue weighted by Crippen LogP contribution is 2.29. The molecule has 0 bridgehead atoms. The Kier molecular flexibility index (Phi) is 4.08. The fourth-order valence-corrected chi connectivity index (χ4v) is 3.37. The third-order valence-electron chi connectivity index (χ3n) is 4.40. The van der Waals surface area contributed by atoms with E-state index < -0.39 is 0 Å². The van der Waals surface area contributed by atoms with Crippen molar-refractivity contribution in [2.45, 2.75) is 19.5 Å². The van der Waals surface area contributed by atoms with Gasteiger partial charge in [0.25, 0.3) is 0 Å². The third-order valence-corrected chi connectivity index (χ3v) is 4.77. The highest BCUT2D eigenvalue weighted by Gasteiger charge is 2.22. The highest BCUT2D eigenvalue weighted by atomic mass is 35.5. The van der Waals surface area contributed by atoms with Crippen molar-refractivity contribution in [3.8, 4) is 11.3 Å². The molecule has 1 aliphatic rings. The van der Waals surface area contributed by atoms with E-state index in [1.54, 1.807) is 12.1 Å². The zero-order valence-corrected chi connectivity index (χ0v) is 13.9. The van der Waals surface area contributed by atoms with Crippen LogP contribution in [0.1, 0.15) is 16.8 Å². The second-order valence-corrected chi connectivity index (χ2v) is 6.36. The maximum Gasteiger partial charge on any atom is 0.123 e. The number of fused-ring (bicyclic) bond motifs is 1. The van der Waals surface area contributed by atoms with Crippen LogP contribution in [-0.4, -0.2) is 16.3 Å². The molecule has 1 N–H and O–H groups in total. The molecule has 0 spiro atoms. The Bertz CT molecular complexity index is 871. The predicted molar refractivity (Wildman–Crippen MR) is 93.6 cm³/mol. The minimum Gasteiger partial charge on any atom is -0.312 e. The van der Waals surface area contributed by atoms with E-state index in [9.17, 15) is 4.39 Å². The fourth-order valence-electron chi connectivity index (χ4n) is 3.18. The molecule has 5 heteroatoms. The molecule has 1 aromatic heterocycles. The van der Waals surface area contributed by atoms with E-state index in [0.29, 0.717) is 6.54 Å². The molecular weight excluding hydrogens is 325 g/mol. The van der Waals surface area contributed by atoms with Crippen molar-refractivity contribution in [2.75, 3.05) is 6.54 Å². The second-order valence-electron chi connectivity index (χ2n) is 5.96. The lowest BCUT2D eigenvalue weighted by Crippen LogP contribution is -2.25. The largest absolute Gasteiger partial charge is 0.312 e. The molecule has 0 amide bonds. The Labute approximate surface area is 145 Å². The number of nitrogens with zero attached hydrogens (tertiary/aromatic N) is 2. The Hall–Kier alpha value is -2.17. The topological polar surface area (TPSA) is 29.9 Å². The first-order valence-electron chi connectivity index (χ1n) is 8.01. The van der Waals surface area contributed by atoms with Gasteiger partial charge in [-0.3, -0.25) is 4.68 Å². The van der Waals surface area contributed by atoms with Crippen LogP contribution >= 0.6 is 11.6 Å². The molecule has 4 rings (SSSR count). The van der Waals surface area contributed by atoms with Gasteiger partial charge in [0.2, 0.25) is 0 Å². The van der Waals surface area contributed by atoms with Crippen molar-refractivity contribution in [3.05, 3.63) is 76.2 Å². The molecular formula is C19H17ClFN3. The summed E-state index contributed by atoms with van der Waals surface area (Å²) in [5.74, 6) is -0.235. The molecule has 2 heterocycles. The normalized spacial score (nSPS) is 13.8. The quantitative estimate of drug-likeness (QED) is 0.779. The van der Waals surface area contributed by atoms with Gasteiger partial charge in [-0.05, 0) is 35.9 Å². The van der Waals surface area contributed by atoms with Crippen LogP contribution < -0.4 is 5.32 Å². The summed E-state index contributed by atoms with van der Waals surface area (Å²) in [5, 5.41) is 8.97. The van der Waals surface area contributed by atoms with Gasteiger partial charge in [-0.25, -0.2) is 4.39 Å². The molecule has 122 valence electrons. The smallest absolute Gasteiger partial charge is 0.123 e. The van der Waals surface area contributed by atoms with E-state index in [1.807, 2.05) is 28.9 Å². The molecule has 0 saturated heterocycles. The Morgan fingerprint density at radius 1 is 1.12 bits per heavy atom. The fraction of sp³-hybridized carbons (Fsp3) is 0.211. The van der Waals surface area contributed by atoms with Crippen molar-refractivity contribution >= 4 is 11.6 Å². The summed E-state index contributed by atoms with van der Waals surface area (Å²) in [5.41, 5.74) is 5.33. The molecule has 3 nitrogen and oxygen atoms in total. The third kappa shape index (κ3) is 2.83. The number of benzene rings is 2. The van der Waals surface area contributed by atoms with Crippen LogP contribution in [0.15, 0.2) is 48.5 Å². The Morgan fingerprint density at radius 2 is 1.92 bits per heavy atom. The van der Waals surface area contributed by atoms with Gasteiger partial charge in [0.05, 0.1) is 12.2 Å². The molecule has 24 heavy (non-hydrogen) atoms. The lowest BCUT2D eigenvalue weighted by atomic mass is 10.0. The number of halogens is 2. The molecule has 1 aliphatic heterocycles. The molecule has 0 aliphatic carbocycles. The SMILES string of the molecule is Fc1ccc(-c2nn(Cc3ccccc3Cl)c3c2CNCC3)cc1. The second kappa shape index (κ2) is 6.38. The average Bonchev–Trinajstić information content (AvgIpc) is 2.97. The van der Waals surface area contributed by atoms with Gasteiger partial charge >= 0.3 is 0 Å². The standard InChI is InChI=1S/C19H17ClFN3/c20-17-4-2-1-3-14(17)12-24-18-9-10-22-11-16(18)19(23-24)13-5-7-15(21)8-6-13/h1-8,22H,9-12H2. The van der Waals surface area contributed by atoms with E-state index >= 15 is 0 Å². The first kappa shape index (κ1) is 15.4. The lowest BCUT2D eigenvalue weighted by molar-refractivity contribution is 0.582. The van der Waals surface area contributed by atoms with Gasteiger partial charge in [-0.15, -0.1) is 0 Å². The number of hydrogen-bond acceptors (Lipinski definition) is 2. The highest BCUT2D eigenvalue weighted by molar-refractivity contribution is 6.31. The van der Waals surface area contributed by atoms with Crippen LogP contribution in [0.25, 0.3) is 11.3 Å². The van der Waals surface area contributed by atoms with Gasteiger partial charge in [0.1, 0.15) is 5.82 Å². The van der Waals surface area contributed by atoms with Gasteiger partial charge in [-0.1, -0.05) is 29.8 Å². The molecule has 3 aromatic rings. The van der Waals surface area contributed by atoms with Crippen molar-refractivity contribution in [1.82, 2.24) is 15.1 Å². The van der Waals surface area contributed by atoms with Gasteiger partial charge in [0.15, 0.2) is 0 Å². The van der Waals surface area contributed by atoms with Crippen LogP contribution in [0, 0.1) is 5.82 Å². The molecule has 0 unspecified atom stereocenters.